The van der Waals surface area contributed by atoms with Crippen molar-refractivity contribution in [3.63, 3.8) is 0 Å². The second-order valence-electron chi connectivity index (χ2n) is 3.06. The third-order valence-electron chi connectivity index (χ3n) is 1.69. The minimum absolute atomic E-state index is 0.227. The van der Waals surface area contributed by atoms with Crippen LogP contribution in [0, 0.1) is 0 Å². The summed E-state index contributed by atoms with van der Waals surface area (Å²) in [6.45, 7) is 2.10. The van der Waals surface area contributed by atoms with Gasteiger partial charge in [-0.2, -0.15) is 0 Å². The Morgan fingerprint density at radius 1 is 1.20 bits per heavy atom. The van der Waals surface area contributed by atoms with Gasteiger partial charge in [0.2, 0.25) is 0 Å². The highest BCUT2D eigenvalue weighted by atomic mass is 35.5. The third-order valence-corrected chi connectivity index (χ3v) is 3.65. The van der Waals surface area contributed by atoms with Gasteiger partial charge in [-0.05, 0) is 6.92 Å². The summed E-state index contributed by atoms with van der Waals surface area (Å²) in [6.07, 6.45) is 0. The number of hydrogen-bond acceptors (Lipinski definition) is 7. The molecule has 2 aromatic rings. The van der Waals surface area contributed by atoms with E-state index < -0.39 is 11.9 Å². The Labute approximate surface area is 132 Å². The minimum Gasteiger partial charge on any atom is -0.461 e. The average molecular weight is 354 g/mol. The van der Waals surface area contributed by atoms with Gasteiger partial charge in [0.05, 0.1) is 6.61 Å². The van der Waals surface area contributed by atoms with Crippen molar-refractivity contribution in [2.75, 3.05) is 6.61 Å². The maximum absolute atomic E-state index is 10.9. The van der Waals surface area contributed by atoms with Gasteiger partial charge in [0.15, 0.2) is 14.6 Å². The standard InChI is InChI=1S/C6H6ClNO2S.C4H3ClN2OS/c1-2-10-5(9)4-3-11-6(7)8-4;5-4-7-2(1-9-4)3(6)8/h3H,2H2,1H3;1H,(H2,6,8). The molecule has 0 saturated heterocycles. The highest BCUT2D eigenvalue weighted by Crippen LogP contribution is 2.15. The lowest BCUT2D eigenvalue weighted by Gasteiger charge is -1.95. The number of carbonyl (C=O) groups is 2. The number of aromatic nitrogens is 2. The van der Waals surface area contributed by atoms with Crippen molar-refractivity contribution < 1.29 is 14.3 Å². The molecule has 0 aliphatic heterocycles. The van der Waals surface area contributed by atoms with Crippen LogP contribution in [-0.2, 0) is 4.74 Å². The first kappa shape index (κ1) is 16.8. The molecule has 0 fully saturated rings. The minimum atomic E-state index is -0.543. The Morgan fingerprint density at radius 2 is 1.70 bits per heavy atom. The molecule has 2 aromatic heterocycles. The molecule has 2 rings (SSSR count). The monoisotopic (exact) mass is 353 g/mol. The molecule has 0 atom stereocenters. The summed E-state index contributed by atoms with van der Waals surface area (Å²) >= 11 is 13.3. The molecule has 6 nitrogen and oxygen atoms in total. The van der Waals surface area contributed by atoms with Crippen LogP contribution in [0.5, 0.6) is 0 Å². The van der Waals surface area contributed by atoms with E-state index >= 15 is 0 Å². The predicted octanol–water partition coefficient (Wildman–Crippen LogP) is 2.87. The van der Waals surface area contributed by atoms with Crippen LogP contribution in [0.1, 0.15) is 27.9 Å². The van der Waals surface area contributed by atoms with Crippen molar-refractivity contribution in [3.8, 4) is 0 Å². The largest absolute Gasteiger partial charge is 0.461 e. The lowest BCUT2D eigenvalue weighted by atomic mass is 10.5. The molecule has 0 radical (unpaired) electrons. The Morgan fingerprint density at radius 3 is 2.00 bits per heavy atom. The van der Waals surface area contributed by atoms with Crippen LogP contribution in [0.2, 0.25) is 8.93 Å². The number of nitrogens with zero attached hydrogens (tertiary/aromatic N) is 2. The van der Waals surface area contributed by atoms with Gasteiger partial charge in [-0.25, -0.2) is 14.8 Å². The number of hydrogen-bond donors (Lipinski definition) is 1. The van der Waals surface area contributed by atoms with E-state index in [9.17, 15) is 9.59 Å². The van der Waals surface area contributed by atoms with Crippen molar-refractivity contribution in [1.82, 2.24) is 9.97 Å². The smallest absolute Gasteiger partial charge is 0.357 e. The van der Waals surface area contributed by atoms with E-state index in [1.807, 2.05) is 0 Å². The first-order valence-electron chi connectivity index (χ1n) is 5.13. The summed E-state index contributed by atoms with van der Waals surface area (Å²) in [5.41, 5.74) is 5.38. The summed E-state index contributed by atoms with van der Waals surface area (Å²) in [7, 11) is 0. The zero-order chi connectivity index (χ0) is 15.1. The molecule has 0 bridgehead atoms. The number of amides is 1. The van der Waals surface area contributed by atoms with Crippen LogP contribution in [0.25, 0.3) is 0 Å². The Kier molecular flexibility index (Phi) is 6.86. The van der Waals surface area contributed by atoms with Crippen molar-refractivity contribution in [3.05, 3.63) is 31.1 Å². The first-order chi connectivity index (χ1) is 9.43. The summed E-state index contributed by atoms with van der Waals surface area (Å²) in [4.78, 5) is 28.6. The Balaban J connectivity index is 0.000000204. The SMILES string of the molecule is CCOC(=O)c1csc(Cl)n1.NC(=O)c1csc(Cl)n1. The fourth-order valence-corrected chi connectivity index (χ4v) is 2.40. The van der Waals surface area contributed by atoms with E-state index in [0.717, 1.165) is 0 Å². The average Bonchev–Trinajstić information content (AvgIpc) is 2.99. The molecule has 1 amide bonds. The number of esters is 1. The molecule has 2 N–H and O–H groups in total. The topological polar surface area (TPSA) is 95.2 Å². The van der Waals surface area contributed by atoms with Crippen molar-refractivity contribution in [1.29, 1.82) is 0 Å². The van der Waals surface area contributed by atoms with Crippen LogP contribution in [0.15, 0.2) is 10.8 Å². The van der Waals surface area contributed by atoms with Crippen LogP contribution in [-0.4, -0.2) is 28.5 Å². The highest BCUT2D eigenvalue weighted by molar-refractivity contribution is 7.14. The van der Waals surface area contributed by atoms with Crippen LogP contribution >= 0.6 is 45.9 Å². The molecular weight excluding hydrogens is 345 g/mol. The van der Waals surface area contributed by atoms with Gasteiger partial charge in [0.25, 0.3) is 5.91 Å². The molecule has 0 aliphatic rings. The van der Waals surface area contributed by atoms with Crippen molar-refractivity contribution in [2.45, 2.75) is 6.92 Å². The lowest BCUT2D eigenvalue weighted by Crippen LogP contribution is -2.10. The molecular formula is C10H9Cl2N3O3S2. The second kappa shape index (κ2) is 8.15. The highest BCUT2D eigenvalue weighted by Gasteiger charge is 2.09. The number of thiazole rings is 2. The van der Waals surface area contributed by atoms with E-state index in [4.69, 9.17) is 28.9 Å². The second-order valence-corrected chi connectivity index (χ2v) is 5.94. The zero-order valence-electron chi connectivity index (χ0n) is 10.1. The summed E-state index contributed by atoms with van der Waals surface area (Å²) < 4.78 is 5.38. The van der Waals surface area contributed by atoms with E-state index in [2.05, 4.69) is 14.7 Å². The molecule has 0 unspecified atom stereocenters. The lowest BCUT2D eigenvalue weighted by molar-refractivity contribution is 0.0520. The van der Waals surface area contributed by atoms with Crippen LogP contribution < -0.4 is 5.73 Å². The fourth-order valence-electron chi connectivity index (χ4n) is 0.916. The van der Waals surface area contributed by atoms with Gasteiger partial charge >= 0.3 is 5.97 Å². The van der Waals surface area contributed by atoms with Gasteiger partial charge in [-0.3, -0.25) is 4.79 Å². The first-order valence-corrected chi connectivity index (χ1v) is 7.64. The Hall–Kier alpha value is -1.22. The number of carbonyl (C=O) groups excluding carboxylic acids is 2. The fraction of sp³-hybridized carbons (Fsp3) is 0.200. The van der Waals surface area contributed by atoms with E-state index in [1.54, 1.807) is 12.3 Å². The molecule has 0 spiro atoms. The van der Waals surface area contributed by atoms with Gasteiger partial charge < -0.3 is 10.5 Å². The van der Waals surface area contributed by atoms with E-state index in [-0.39, 0.29) is 11.4 Å². The third kappa shape index (κ3) is 5.41. The number of rotatable bonds is 3. The Bertz CT molecular complexity index is 600. The predicted molar refractivity (Wildman–Crippen MR) is 78.7 cm³/mol. The van der Waals surface area contributed by atoms with Crippen LogP contribution in [0.3, 0.4) is 0 Å². The summed E-state index contributed by atoms with van der Waals surface area (Å²) in [5.74, 6) is -0.964. The number of ether oxygens (including phenoxy) is 1. The summed E-state index contributed by atoms with van der Waals surface area (Å²) in [5, 5.41) is 3.09. The maximum Gasteiger partial charge on any atom is 0.357 e. The van der Waals surface area contributed by atoms with Crippen molar-refractivity contribution in [2.24, 2.45) is 5.73 Å². The van der Waals surface area contributed by atoms with Crippen molar-refractivity contribution >= 4 is 57.8 Å². The molecule has 10 heteroatoms. The molecule has 2 heterocycles. The summed E-state index contributed by atoms with van der Waals surface area (Å²) in [6, 6.07) is 0. The molecule has 0 saturated carbocycles. The zero-order valence-corrected chi connectivity index (χ0v) is 13.3. The van der Waals surface area contributed by atoms with Crippen LogP contribution in [0.4, 0.5) is 0 Å². The molecule has 108 valence electrons. The number of nitrogens with two attached hydrogens (primary N) is 1. The van der Waals surface area contributed by atoms with E-state index in [0.29, 0.717) is 15.5 Å². The van der Waals surface area contributed by atoms with Gasteiger partial charge in [-0.15, -0.1) is 22.7 Å². The molecule has 0 aliphatic carbocycles. The number of halogens is 2. The number of primary amides is 1. The molecule has 20 heavy (non-hydrogen) atoms. The van der Waals surface area contributed by atoms with Gasteiger partial charge in [0.1, 0.15) is 5.69 Å². The normalized spacial score (nSPS) is 9.55. The van der Waals surface area contributed by atoms with Gasteiger partial charge in [0, 0.05) is 10.8 Å². The maximum atomic E-state index is 10.9. The quantitative estimate of drug-likeness (QED) is 0.855. The van der Waals surface area contributed by atoms with E-state index in [1.165, 1.54) is 28.1 Å². The molecule has 0 aromatic carbocycles. The van der Waals surface area contributed by atoms with Gasteiger partial charge in [-0.1, -0.05) is 23.2 Å².